The maximum Gasteiger partial charge on any atom is 0.0436 e. The van der Waals surface area contributed by atoms with Gasteiger partial charge in [0.2, 0.25) is 0 Å². The Kier molecular flexibility index (Phi) is 22.0. The molecule has 0 aliphatic heterocycles. The number of hydrogen-bond acceptors (Lipinski definition) is 5. The lowest BCUT2D eigenvalue weighted by atomic mass is 9.64. The molecule has 192 valence electrons. The number of rotatable bonds is 24. The zero-order chi connectivity index (χ0) is 23.9. The molecule has 0 bridgehead atoms. The molecular weight excluding hydrogens is 400 g/mol. The van der Waals surface area contributed by atoms with Crippen molar-refractivity contribution in [2.45, 2.75) is 122 Å². The van der Waals surface area contributed by atoms with Gasteiger partial charge in [-0.05, 0) is 69.1 Å². The summed E-state index contributed by atoms with van der Waals surface area (Å²) < 4.78 is 0. The zero-order valence-electron chi connectivity index (χ0n) is 21.2. The minimum atomic E-state index is -0.246. The van der Waals surface area contributed by atoms with Crippen LogP contribution in [-0.2, 0) is 0 Å². The van der Waals surface area contributed by atoms with Crippen LogP contribution in [0.15, 0.2) is 12.2 Å². The van der Waals surface area contributed by atoms with Crippen LogP contribution < -0.4 is 11.5 Å². The Morgan fingerprint density at radius 2 is 1.25 bits per heavy atom. The third-order valence-electron chi connectivity index (χ3n) is 7.10. The van der Waals surface area contributed by atoms with Gasteiger partial charge in [0.15, 0.2) is 0 Å². The summed E-state index contributed by atoms with van der Waals surface area (Å²) >= 11 is 0. The highest BCUT2D eigenvalue weighted by atomic mass is 16.3. The van der Waals surface area contributed by atoms with Crippen molar-refractivity contribution in [3.05, 3.63) is 12.2 Å². The Hall–Kier alpha value is -0.460. The molecule has 0 aromatic rings. The molecule has 0 aliphatic carbocycles. The van der Waals surface area contributed by atoms with Crippen LogP contribution in [0.4, 0.5) is 0 Å². The first-order valence-electron chi connectivity index (χ1n) is 13.5. The van der Waals surface area contributed by atoms with E-state index in [4.69, 9.17) is 11.5 Å². The highest BCUT2D eigenvalue weighted by Gasteiger charge is 2.38. The molecule has 0 rings (SSSR count). The van der Waals surface area contributed by atoms with E-state index in [1.807, 2.05) is 0 Å². The molecule has 0 radical (unpaired) electrons. The van der Waals surface area contributed by atoms with E-state index in [0.717, 1.165) is 12.8 Å². The topological polar surface area (TPSA) is 113 Å². The van der Waals surface area contributed by atoms with Gasteiger partial charge in [0, 0.05) is 32.4 Å². The lowest BCUT2D eigenvalue weighted by Gasteiger charge is -2.42. The second-order valence-corrected chi connectivity index (χ2v) is 9.74. The van der Waals surface area contributed by atoms with Crippen LogP contribution >= 0.6 is 0 Å². The van der Waals surface area contributed by atoms with E-state index < -0.39 is 0 Å². The maximum absolute atomic E-state index is 9.70. The van der Waals surface area contributed by atoms with Crippen molar-refractivity contribution in [1.82, 2.24) is 0 Å². The normalized spacial score (nSPS) is 14.3. The number of hydrogen-bond donors (Lipinski definition) is 5. The van der Waals surface area contributed by atoms with E-state index in [-0.39, 0.29) is 37.2 Å². The first-order chi connectivity index (χ1) is 15.6. The molecule has 32 heavy (non-hydrogen) atoms. The SMILES string of the molecule is CCCCCCCCC=CCCCCCCC(CCO)C(CCO)(CCO)CC(N)CN. The lowest BCUT2D eigenvalue weighted by Crippen LogP contribution is -2.42. The van der Waals surface area contributed by atoms with E-state index in [1.165, 1.54) is 70.6 Å². The summed E-state index contributed by atoms with van der Waals surface area (Å²) in [4.78, 5) is 0. The average molecular weight is 457 g/mol. The van der Waals surface area contributed by atoms with Crippen LogP contribution in [-0.4, -0.2) is 47.7 Å². The van der Waals surface area contributed by atoms with Crippen molar-refractivity contribution in [2.75, 3.05) is 26.4 Å². The van der Waals surface area contributed by atoms with Crippen LogP contribution in [0, 0.1) is 11.3 Å². The predicted octanol–water partition coefficient (Wildman–Crippen LogP) is 5.06. The molecule has 0 fully saturated rings. The quantitative estimate of drug-likeness (QED) is 0.103. The van der Waals surface area contributed by atoms with E-state index in [2.05, 4.69) is 19.1 Å². The van der Waals surface area contributed by atoms with Gasteiger partial charge < -0.3 is 26.8 Å². The van der Waals surface area contributed by atoms with E-state index in [9.17, 15) is 15.3 Å². The standard InChI is InChI=1S/C27H56N2O3/c1-2-3-4-5-6-7-8-9-10-11-12-13-14-15-16-25(17-20-30)27(18-21-31,19-22-32)23-26(29)24-28/h9-10,25-26,30-32H,2-8,11-24,28-29H2,1H3. The number of unbranched alkanes of at least 4 members (excludes halogenated alkanes) is 10. The highest BCUT2D eigenvalue weighted by molar-refractivity contribution is 4.90. The smallest absolute Gasteiger partial charge is 0.0436 e. The highest BCUT2D eigenvalue weighted by Crippen LogP contribution is 2.44. The molecule has 7 N–H and O–H groups in total. The molecule has 2 unspecified atom stereocenters. The Morgan fingerprint density at radius 1 is 0.719 bits per heavy atom. The van der Waals surface area contributed by atoms with Gasteiger partial charge in [0.25, 0.3) is 0 Å². The Balaban J connectivity index is 4.27. The maximum atomic E-state index is 9.70. The largest absolute Gasteiger partial charge is 0.396 e. The Morgan fingerprint density at radius 3 is 1.75 bits per heavy atom. The van der Waals surface area contributed by atoms with E-state index >= 15 is 0 Å². The summed E-state index contributed by atoms with van der Waals surface area (Å²) in [6, 6.07) is -0.141. The number of allylic oxidation sites excluding steroid dienone is 2. The molecule has 2 atom stereocenters. The summed E-state index contributed by atoms with van der Waals surface area (Å²) in [5.74, 6) is 0.252. The van der Waals surface area contributed by atoms with Gasteiger partial charge in [-0.1, -0.05) is 70.4 Å². The molecule has 0 amide bonds. The third-order valence-corrected chi connectivity index (χ3v) is 7.10. The average Bonchev–Trinajstić information content (AvgIpc) is 2.78. The number of nitrogens with two attached hydrogens (primary N) is 2. The summed E-state index contributed by atoms with van der Waals surface area (Å²) in [5.41, 5.74) is 11.7. The lowest BCUT2D eigenvalue weighted by molar-refractivity contribution is 0.0354. The van der Waals surface area contributed by atoms with Gasteiger partial charge in [-0.3, -0.25) is 0 Å². The van der Waals surface area contributed by atoms with Gasteiger partial charge in [0.05, 0.1) is 0 Å². The number of aliphatic hydroxyl groups excluding tert-OH is 3. The van der Waals surface area contributed by atoms with Gasteiger partial charge in [-0.2, -0.15) is 0 Å². The van der Waals surface area contributed by atoms with Crippen molar-refractivity contribution in [3.63, 3.8) is 0 Å². The fourth-order valence-corrected chi connectivity index (χ4v) is 5.15. The van der Waals surface area contributed by atoms with Crippen LogP contribution in [0.1, 0.15) is 116 Å². The van der Waals surface area contributed by atoms with Crippen molar-refractivity contribution in [1.29, 1.82) is 0 Å². The Bertz CT molecular complexity index is 412. The second-order valence-electron chi connectivity index (χ2n) is 9.74. The van der Waals surface area contributed by atoms with Crippen molar-refractivity contribution >= 4 is 0 Å². The van der Waals surface area contributed by atoms with Crippen molar-refractivity contribution in [3.8, 4) is 0 Å². The third kappa shape index (κ3) is 15.4. The fraction of sp³-hybridized carbons (Fsp3) is 0.926. The van der Waals surface area contributed by atoms with Crippen LogP contribution in [0.5, 0.6) is 0 Å². The van der Waals surface area contributed by atoms with Crippen LogP contribution in [0.3, 0.4) is 0 Å². The van der Waals surface area contributed by atoms with Gasteiger partial charge in [-0.15, -0.1) is 0 Å². The molecular formula is C27H56N2O3. The van der Waals surface area contributed by atoms with Gasteiger partial charge >= 0.3 is 0 Å². The van der Waals surface area contributed by atoms with Gasteiger partial charge in [0.1, 0.15) is 0 Å². The fourth-order valence-electron chi connectivity index (χ4n) is 5.15. The summed E-state index contributed by atoms with van der Waals surface area (Å²) in [6.45, 7) is 2.94. The summed E-state index contributed by atoms with van der Waals surface area (Å²) in [5, 5.41) is 29.1. The van der Waals surface area contributed by atoms with Crippen molar-refractivity contribution < 1.29 is 15.3 Å². The molecule has 5 nitrogen and oxygen atoms in total. The minimum absolute atomic E-state index is 0.0737. The van der Waals surface area contributed by atoms with Gasteiger partial charge in [-0.25, -0.2) is 0 Å². The molecule has 0 aromatic heterocycles. The van der Waals surface area contributed by atoms with E-state index in [0.29, 0.717) is 32.2 Å². The van der Waals surface area contributed by atoms with Crippen LogP contribution in [0.25, 0.3) is 0 Å². The molecule has 5 heteroatoms. The predicted molar refractivity (Wildman–Crippen MR) is 138 cm³/mol. The van der Waals surface area contributed by atoms with E-state index in [1.54, 1.807) is 0 Å². The first-order valence-corrected chi connectivity index (χ1v) is 13.5. The molecule has 0 aromatic carbocycles. The zero-order valence-corrected chi connectivity index (χ0v) is 21.2. The molecule has 0 heterocycles. The van der Waals surface area contributed by atoms with Crippen molar-refractivity contribution in [2.24, 2.45) is 22.8 Å². The second kappa shape index (κ2) is 22.3. The monoisotopic (exact) mass is 456 g/mol. The summed E-state index contributed by atoms with van der Waals surface area (Å²) in [7, 11) is 0. The summed E-state index contributed by atoms with van der Waals surface area (Å²) in [6.07, 6.45) is 23.6. The molecule has 0 aliphatic rings. The molecule has 0 spiro atoms. The first kappa shape index (κ1) is 31.5. The Labute approximate surface area is 199 Å². The van der Waals surface area contributed by atoms with Crippen LogP contribution in [0.2, 0.25) is 0 Å². The molecule has 0 saturated carbocycles. The molecule has 0 saturated heterocycles. The minimum Gasteiger partial charge on any atom is -0.396 e. The number of aliphatic hydroxyl groups is 3.